The number of aromatic amines is 1. The molecule has 0 amide bonds. The van der Waals surface area contributed by atoms with Crippen LogP contribution >= 0.6 is 0 Å². The van der Waals surface area contributed by atoms with E-state index in [0.29, 0.717) is 12.0 Å². The lowest BCUT2D eigenvalue weighted by Gasteiger charge is -1.86. The van der Waals surface area contributed by atoms with Crippen LogP contribution in [0.3, 0.4) is 0 Å². The molecule has 10 heavy (non-hydrogen) atoms. The molecule has 3 nitrogen and oxygen atoms in total. The molecule has 3 heteroatoms. The molecule has 0 atom stereocenters. The summed E-state index contributed by atoms with van der Waals surface area (Å²) in [5.74, 6) is 0. The first-order valence-corrected chi connectivity index (χ1v) is 2.97. The normalized spacial score (nSPS) is 9.20. The van der Waals surface area contributed by atoms with Gasteiger partial charge in [0.05, 0.1) is 11.3 Å². The highest BCUT2D eigenvalue weighted by Crippen LogP contribution is 2.01. The lowest BCUT2D eigenvalue weighted by atomic mass is 10.2. The van der Waals surface area contributed by atoms with Gasteiger partial charge in [-0.25, -0.2) is 0 Å². The van der Waals surface area contributed by atoms with Gasteiger partial charge in [-0.1, -0.05) is 6.08 Å². The molecular weight excluding hydrogens is 128 g/mol. The average molecular weight is 136 g/mol. The number of hydrogen-bond donors (Lipinski definition) is 1. The number of allylic oxidation sites excluding steroid dienone is 1. The number of aldehydes is 1. The number of nitrogens with zero attached hydrogens (tertiary/aromatic N) is 1. The minimum Gasteiger partial charge on any atom is -0.298 e. The Morgan fingerprint density at radius 2 is 2.60 bits per heavy atom. The van der Waals surface area contributed by atoms with Crippen molar-refractivity contribution < 1.29 is 4.79 Å². The fourth-order valence-corrected chi connectivity index (χ4v) is 0.730. The number of nitrogens with one attached hydrogen (secondary N) is 1. The van der Waals surface area contributed by atoms with Crippen LogP contribution in [-0.2, 0) is 6.42 Å². The third kappa shape index (κ3) is 1.13. The van der Waals surface area contributed by atoms with Crippen LogP contribution in [0.4, 0.5) is 0 Å². The number of carbonyl (C=O) groups is 1. The fourth-order valence-electron chi connectivity index (χ4n) is 0.730. The minimum atomic E-state index is 0.611. The van der Waals surface area contributed by atoms with Crippen LogP contribution in [0.5, 0.6) is 0 Å². The maximum atomic E-state index is 10.3. The molecule has 1 aromatic heterocycles. The van der Waals surface area contributed by atoms with Gasteiger partial charge in [0.1, 0.15) is 0 Å². The van der Waals surface area contributed by atoms with Gasteiger partial charge in [0.25, 0.3) is 0 Å². The van der Waals surface area contributed by atoms with E-state index >= 15 is 0 Å². The van der Waals surface area contributed by atoms with E-state index in [9.17, 15) is 4.79 Å². The van der Waals surface area contributed by atoms with Crippen LogP contribution in [0.25, 0.3) is 0 Å². The standard InChI is InChI=1S/C7H8N2O/c1-2-3-7-6(5-10)4-8-9-7/h2,4-5H,1,3H2,(H,8,9). The zero-order valence-corrected chi connectivity index (χ0v) is 5.50. The summed E-state index contributed by atoms with van der Waals surface area (Å²) >= 11 is 0. The van der Waals surface area contributed by atoms with Crippen molar-refractivity contribution in [2.75, 3.05) is 0 Å². The van der Waals surface area contributed by atoms with Gasteiger partial charge in [-0.05, 0) is 0 Å². The molecular formula is C7H8N2O. The Morgan fingerprint density at radius 3 is 3.20 bits per heavy atom. The van der Waals surface area contributed by atoms with Crippen LogP contribution < -0.4 is 0 Å². The van der Waals surface area contributed by atoms with Crippen LogP contribution in [0.15, 0.2) is 18.9 Å². The van der Waals surface area contributed by atoms with Gasteiger partial charge in [-0.2, -0.15) is 5.10 Å². The number of hydrogen-bond acceptors (Lipinski definition) is 2. The highest BCUT2D eigenvalue weighted by molar-refractivity contribution is 5.75. The molecule has 0 saturated carbocycles. The lowest BCUT2D eigenvalue weighted by Crippen LogP contribution is -1.86. The maximum absolute atomic E-state index is 10.3. The van der Waals surface area contributed by atoms with Gasteiger partial charge in [0.2, 0.25) is 0 Å². The monoisotopic (exact) mass is 136 g/mol. The third-order valence-corrected chi connectivity index (χ3v) is 1.22. The van der Waals surface area contributed by atoms with E-state index in [1.807, 2.05) is 0 Å². The third-order valence-electron chi connectivity index (χ3n) is 1.22. The van der Waals surface area contributed by atoms with Gasteiger partial charge in [0.15, 0.2) is 6.29 Å². The van der Waals surface area contributed by atoms with Crippen LogP contribution in [0, 0.1) is 0 Å². The lowest BCUT2D eigenvalue weighted by molar-refractivity contribution is 0.112. The Morgan fingerprint density at radius 1 is 1.80 bits per heavy atom. The van der Waals surface area contributed by atoms with Gasteiger partial charge < -0.3 is 0 Å². The molecule has 0 spiro atoms. The predicted octanol–water partition coefficient (Wildman–Crippen LogP) is 0.951. The van der Waals surface area contributed by atoms with Crippen LogP contribution in [-0.4, -0.2) is 16.5 Å². The summed E-state index contributed by atoms with van der Waals surface area (Å²) in [4.78, 5) is 10.3. The van der Waals surface area contributed by atoms with Crippen molar-refractivity contribution in [3.05, 3.63) is 30.1 Å². The maximum Gasteiger partial charge on any atom is 0.153 e. The molecule has 52 valence electrons. The zero-order chi connectivity index (χ0) is 7.40. The highest BCUT2D eigenvalue weighted by atomic mass is 16.1. The second-order valence-corrected chi connectivity index (χ2v) is 1.90. The quantitative estimate of drug-likeness (QED) is 0.496. The minimum absolute atomic E-state index is 0.611. The molecule has 0 fully saturated rings. The number of aromatic nitrogens is 2. The van der Waals surface area contributed by atoms with Crippen molar-refractivity contribution in [2.24, 2.45) is 0 Å². The van der Waals surface area contributed by atoms with E-state index in [4.69, 9.17) is 0 Å². The first kappa shape index (κ1) is 6.74. The molecule has 0 aliphatic carbocycles. The predicted molar refractivity (Wildman–Crippen MR) is 37.9 cm³/mol. The Balaban J connectivity index is 2.89. The van der Waals surface area contributed by atoms with E-state index in [2.05, 4.69) is 16.8 Å². The average Bonchev–Trinajstić information content (AvgIpc) is 2.36. The van der Waals surface area contributed by atoms with Crippen LogP contribution in [0.1, 0.15) is 16.1 Å². The van der Waals surface area contributed by atoms with Crippen molar-refractivity contribution in [3.63, 3.8) is 0 Å². The molecule has 1 rings (SSSR count). The van der Waals surface area contributed by atoms with E-state index < -0.39 is 0 Å². The Labute approximate surface area is 58.8 Å². The van der Waals surface area contributed by atoms with Gasteiger partial charge in [-0.15, -0.1) is 6.58 Å². The van der Waals surface area contributed by atoms with Gasteiger partial charge in [0, 0.05) is 12.6 Å². The van der Waals surface area contributed by atoms with Crippen molar-refractivity contribution in [2.45, 2.75) is 6.42 Å². The SMILES string of the molecule is C=CCc1n[nH]cc1C=O. The van der Waals surface area contributed by atoms with Crippen molar-refractivity contribution in [1.82, 2.24) is 10.2 Å². The topological polar surface area (TPSA) is 45.8 Å². The molecule has 1 heterocycles. The number of carbonyl (C=O) groups excluding carboxylic acids is 1. The highest BCUT2D eigenvalue weighted by Gasteiger charge is 2.00. The largest absolute Gasteiger partial charge is 0.298 e. The van der Waals surface area contributed by atoms with E-state index in [1.54, 1.807) is 12.3 Å². The Hall–Kier alpha value is -1.38. The summed E-state index contributed by atoms with van der Waals surface area (Å²) in [5.41, 5.74) is 1.37. The second-order valence-electron chi connectivity index (χ2n) is 1.90. The van der Waals surface area contributed by atoms with Crippen molar-refractivity contribution >= 4 is 6.29 Å². The summed E-state index contributed by atoms with van der Waals surface area (Å²) in [7, 11) is 0. The number of H-pyrrole nitrogens is 1. The second kappa shape index (κ2) is 2.96. The van der Waals surface area contributed by atoms with Crippen molar-refractivity contribution in [3.8, 4) is 0 Å². The summed E-state index contributed by atoms with van der Waals surface area (Å²) in [6.07, 6.45) is 4.70. The fraction of sp³-hybridized carbons (Fsp3) is 0.143. The van der Waals surface area contributed by atoms with Crippen LogP contribution in [0.2, 0.25) is 0 Å². The Bertz CT molecular complexity index is 240. The van der Waals surface area contributed by atoms with Crippen molar-refractivity contribution in [1.29, 1.82) is 0 Å². The molecule has 0 saturated heterocycles. The molecule has 0 radical (unpaired) electrons. The smallest absolute Gasteiger partial charge is 0.153 e. The molecule has 1 N–H and O–H groups in total. The molecule has 0 bridgehead atoms. The summed E-state index contributed by atoms with van der Waals surface area (Å²) < 4.78 is 0. The Kier molecular flexibility index (Phi) is 1.99. The van der Waals surface area contributed by atoms with E-state index in [0.717, 1.165) is 12.0 Å². The molecule has 0 aliphatic rings. The zero-order valence-electron chi connectivity index (χ0n) is 5.50. The van der Waals surface area contributed by atoms with E-state index in [1.165, 1.54) is 0 Å². The molecule has 1 aromatic rings. The van der Waals surface area contributed by atoms with Gasteiger partial charge in [-0.3, -0.25) is 9.89 Å². The summed E-state index contributed by atoms with van der Waals surface area (Å²) in [6.45, 7) is 3.54. The molecule has 0 unspecified atom stereocenters. The molecule has 0 aromatic carbocycles. The van der Waals surface area contributed by atoms with E-state index in [-0.39, 0.29) is 0 Å². The first-order valence-electron chi connectivity index (χ1n) is 2.97. The van der Waals surface area contributed by atoms with Gasteiger partial charge >= 0.3 is 0 Å². The number of rotatable bonds is 3. The first-order chi connectivity index (χ1) is 4.88. The summed E-state index contributed by atoms with van der Waals surface area (Å²) in [5, 5.41) is 6.45. The summed E-state index contributed by atoms with van der Waals surface area (Å²) in [6, 6.07) is 0. The molecule has 0 aliphatic heterocycles.